The van der Waals surface area contributed by atoms with Crippen molar-refractivity contribution in [1.29, 1.82) is 0 Å². The largest absolute Gasteiger partial charge is 0.383 e. The Morgan fingerprint density at radius 1 is 1.18 bits per heavy atom. The Morgan fingerprint density at radius 2 is 1.97 bits per heavy atom. The summed E-state index contributed by atoms with van der Waals surface area (Å²) in [5, 5.41) is 11.1. The van der Waals surface area contributed by atoms with Gasteiger partial charge in [0, 0.05) is 20.2 Å². The number of fused-ring (bicyclic) bond motifs is 1. The van der Waals surface area contributed by atoms with Crippen molar-refractivity contribution < 1.29 is 17.9 Å². The molecule has 4 rings (SSSR count). The molecule has 10 heteroatoms. The topological polar surface area (TPSA) is 106 Å². The minimum Gasteiger partial charge on any atom is -0.383 e. The molecule has 1 aliphatic heterocycles. The van der Waals surface area contributed by atoms with Gasteiger partial charge in [-0.3, -0.25) is 4.79 Å². The first-order chi connectivity index (χ1) is 15.9. The number of sulfonamides is 1. The lowest BCUT2D eigenvalue weighted by atomic mass is 10.0. The zero-order chi connectivity index (χ0) is 23.4. The zero-order valence-electron chi connectivity index (χ0n) is 18.9. The number of aromatic nitrogens is 3. The van der Waals surface area contributed by atoms with E-state index in [0.717, 1.165) is 29.5 Å². The molecular weight excluding hydrogens is 442 g/mol. The molecule has 9 nitrogen and oxygen atoms in total. The maximum Gasteiger partial charge on any atom is 0.243 e. The van der Waals surface area contributed by atoms with Crippen molar-refractivity contribution in [2.75, 3.05) is 20.3 Å². The van der Waals surface area contributed by atoms with Gasteiger partial charge in [0.25, 0.3) is 0 Å². The number of piperidine rings is 1. The summed E-state index contributed by atoms with van der Waals surface area (Å²) < 4.78 is 35.1. The quantitative estimate of drug-likeness (QED) is 0.540. The summed E-state index contributed by atoms with van der Waals surface area (Å²) in [5.41, 5.74) is 3.34. The van der Waals surface area contributed by atoms with Gasteiger partial charge < -0.3 is 10.1 Å². The van der Waals surface area contributed by atoms with Gasteiger partial charge in [0.05, 0.1) is 23.6 Å². The number of nitrogens with zero attached hydrogens (tertiary/aromatic N) is 4. The molecule has 176 valence electrons. The normalized spacial score (nSPS) is 17.3. The Hall–Kier alpha value is -2.82. The van der Waals surface area contributed by atoms with Gasteiger partial charge in [-0.15, -0.1) is 5.10 Å². The molecular formula is C23H29N5O4S. The molecule has 1 aliphatic rings. The van der Waals surface area contributed by atoms with Crippen LogP contribution in [0.1, 0.15) is 30.4 Å². The predicted molar refractivity (Wildman–Crippen MR) is 124 cm³/mol. The molecule has 3 aromatic rings. The molecule has 1 aromatic heterocycles. The molecule has 1 fully saturated rings. The maximum absolute atomic E-state index is 13.5. The molecule has 1 amide bonds. The highest BCUT2D eigenvalue weighted by Crippen LogP contribution is 2.27. The third kappa shape index (κ3) is 5.07. The van der Waals surface area contributed by atoms with Gasteiger partial charge in [-0.1, -0.05) is 41.5 Å². The third-order valence-corrected chi connectivity index (χ3v) is 7.85. The Labute approximate surface area is 193 Å². The number of hydrogen-bond donors (Lipinski definition) is 1. The Morgan fingerprint density at radius 3 is 2.73 bits per heavy atom. The van der Waals surface area contributed by atoms with E-state index in [2.05, 4.69) is 15.6 Å². The maximum atomic E-state index is 13.5. The van der Waals surface area contributed by atoms with E-state index in [1.807, 2.05) is 31.2 Å². The van der Waals surface area contributed by atoms with Crippen molar-refractivity contribution in [3.05, 3.63) is 53.6 Å². The van der Waals surface area contributed by atoms with Crippen LogP contribution < -0.4 is 5.32 Å². The molecule has 2 heterocycles. The van der Waals surface area contributed by atoms with Crippen molar-refractivity contribution in [2.24, 2.45) is 0 Å². The zero-order valence-corrected chi connectivity index (χ0v) is 19.7. The average Bonchev–Trinajstić information content (AvgIpc) is 3.24. The number of ether oxygens (including phenoxy) is 1. The van der Waals surface area contributed by atoms with Gasteiger partial charge in [-0.05, 0) is 43.5 Å². The van der Waals surface area contributed by atoms with E-state index in [-0.39, 0.29) is 10.8 Å². The minimum absolute atomic E-state index is 0.118. The van der Waals surface area contributed by atoms with Crippen LogP contribution in [0.3, 0.4) is 0 Å². The molecule has 1 N–H and O–H groups in total. The Balaban J connectivity index is 1.53. The lowest BCUT2D eigenvalue weighted by Crippen LogP contribution is -2.51. The molecule has 1 unspecified atom stereocenters. The van der Waals surface area contributed by atoms with Gasteiger partial charge in [0.1, 0.15) is 11.6 Å². The summed E-state index contributed by atoms with van der Waals surface area (Å²) in [6.45, 7) is 3.67. The number of benzene rings is 2. The summed E-state index contributed by atoms with van der Waals surface area (Å²) in [6.07, 6.45) is 2.02. The van der Waals surface area contributed by atoms with E-state index in [4.69, 9.17) is 4.74 Å². The summed E-state index contributed by atoms with van der Waals surface area (Å²) in [6, 6.07) is 11.9. The van der Waals surface area contributed by atoms with Crippen molar-refractivity contribution in [3.8, 4) is 0 Å². The number of carbonyl (C=O) groups is 1. The summed E-state index contributed by atoms with van der Waals surface area (Å²) in [4.78, 5) is 13.1. The van der Waals surface area contributed by atoms with Crippen LogP contribution in [-0.2, 0) is 32.6 Å². The molecule has 2 aromatic carbocycles. The summed E-state index contributed by atoms with van der Waals surface area (Å²) in [5.74, 6) is -0.273. The minimum atomic E-state index is -3.87. The highest BCUT2D eigenvalue weighted by atomic mass is 32.2. The lowest BCUT2D eigenvalue weighted by Gasteiger charge is -2.33. The first-order valence-electron chi connectivity index (χ1n) is 11.1. The second-order valence-electron chi connectivity index (χ2n) is 8.29. The van der Waals surface area contributed by atoms with Gasteiger partial charge in [0.15, 0.2) is 0 Å². The van der Waals surface area contributed by atoms with Crippen LogP contribution in [0.25, 0.3) is 11.0 Å². The fraction of sp³-hybridized carbons (Fsp3) is 0.435. The Bertz CT molecular complexity index is 1220. The van der Waals surface area contributed by atoms with Gasteiger partial charge in [0.2, 0.25) is 15.9 Å². The fourth-order valence-corrected chi connectivity index (χ4v) is 5.74. The second kappa shape index (κ2) is 9.98. The third-order valence-electron chi connectivity index (χ3n) is 5.94. The van der Waals surface area contributed by atoms with Crippen LogP contribution in [0.5, 0.6) is 0 Å². The number of carbonyl (C=O) groups excluding carboxylic acids is 1. The summed E-state index contributed by atoms with van der Waals surface area (Å²) in [7, 11) is -2.27. The van der Waals surface area contributed by atoms with Crippen molar-refractivity contribution in [1.82, 2.24) is 24.6 Å². The van der Waals surface area contributed by atoms with E-state index < -0.39 is 16.1 Å². The van der Waals surface area contributed by atoms with E-state index in [9.17, 15) is 13.2 Å². The van der Waals surface area contributed by atoms with E-state index >= 15 is 0 Å². The Kier molecular flexibility index (Phi) is 7.06. The molecule has 33 heavy (non-hydrogen) atoms. The smallest absolute Gasteiger partial charge is 0.243 e. The summed E-state index contributed by atoms with van der Waals surface area (Å²) >= 11 is 0. The van der Waals surface area contributed by atoms with Crippen LogP contribution in [0.15, 0.2) is 47.4 Å². The fourth-order valence-electron chi connectivity index (χ4n) is 4.06. The van der Waals surface area contributed by atoms with E-state index in [1.165, 1.54) is 10.4 Å². The molecule has 0 radical (unpaired) electrons. The highest BCUT2D eigenvalue weighted by Gasteiger charge is 2.37. The number of rotatable bonds is 8. The predicted octanol–water partition coefficient (Wildman–Crippen LogP) is 2.25. The molecule has 1 atom stereocenters. The number of aryl methyl sites for hydroxylation is 1. The van der Waals surface area contributed by atoms with Crippen LogP contribution in [0.4, 0.5) is 0 Å². The second-order valence-corrected chi connectivity index (χ2v) is 10.2. The standard InChI is InChI=1S/C23H29N5O4S/c1-17-6-8-18(9-7-17)16-24-23(29)22-5-3-4-12-28(22)33(30,31)19-10-11-21-20(15-19)25-26-27(21)13-14-32-2/h6-11,15,22H,3-5,12-14,16H2,1-2H3,(H,24,29). The van der Waals surface area contributed by atoms with Gasteiger partial charge in [-0.2, -0.15) is 4.31 Å². The molecule has 1 saturated heterocycles. The number of nitrogens with one attached hydrogen (secondary N) is 1. The SMILES string of the molecule is COCCn1nnc2cc(S(=O)(=O)N3CCCCC3C(=O)NCc3ccc(C)cc3)ccc21. The molecule has 0 spiro atoms. The van der Waals surface area contributed by atoms with Gasteiger partial charge >= 0.3 is 0 Å². The molecule has 0 saturated carbocycles. The van der Waals surface area contributed by atoms with Crippen molar-refractivity contribution in [2.45, 2.75) is 50.2 Å². The number of amides is 1. The molecule has 0 aliphatic carbocycles. The van der Waals surface area contributed by atoms with Crippen molar-refractivity contribution >= 4 is 27.0 Å². The first kappa shape index (κ1) is 23.3. The van der Waals surface area contributed by atoms with E-state index in [0.29, 0.717) is 38.2 Å². The van der Waals surface area contributed by atoms with Crippen LogP contribution >= 0.6 is 0 Å². The number of hydrogen-bond acceptors (Lipinski definition) is 6. The monoisotopic (exact) mass is 471 g/mol. The average molecular weight is 472 g/mol. The van der Waals surface area contributed by atoms with Crippen LogP contribution in [-0.4, -0.2) is 59.9 Å². The molecule has 0 bridgehead atoms. The van der Waals surface area contributed by atoms with Gasteiger partial charge in [-0.25, -0.2) is 13.1 Å². The van der Waals surface area contributed by atoms with Crippen LogP contribution in [0, 0.1) is 6.92 Å². The number of methoxy groups -OCH3 is 1. The van der Waals surface area contributed by atoms with Crippen LogP contribution in [0.2, 0.25) is 0 Å². The van der Waals surface area contributed by atoms with Crippen molar-refractivity contribution in [3.63, 3.8) is 0 Å². The first-order valence-corrected chi connectivity index (χ1v) is 12.5. The van der Waals surface area contributed by atoms with E-state index in [1.54, 1.807) is 23.9 Å². The lowest BCUT2D eigenvalue weighted by molar-refractivity contribution is -0.125. The highest BCUT2D eigenvalue weighted by molar-refractivity contribution is 7.89.